The molecule has 0 unspecified atom stereocenters. The predicted octanol–water partition coefficient (Wildman–Crippen LogP) is 1.81. The maximum Gasteiger partial charge on any atom is 0.348 e. The van der Waals surface area contributed by atoms with E-state index < -0.39 is 0 Å². The van der Waals surface area contributed by atoms with Crippen molar-refractivity contribution in [3.8, 4) is 0 Å². The molecule has 1 aromatic heterocycles. The van der Waals surface area contributed by atoms with Gasteiger partial charge in [0.15, 0.2) is 0 Å². The monoisotopic (exact) mass is 221 g/mol. The molecule has 0 aliphatic carbocycles. The number of ether oxygens (including phenoxy) is 1. The van der Waals surface area contributed by atoms with Gasteiger partial charge in [-0.2, -0.15) is 0 Å². The molecular weight excluding hydrogens is 210 g/mol. The highest BCUT2D eigenvalue weighted by Crippen LogP contribution is 2.14. The van der Waals surface area contributed by atoms with Gasteiger partial charge in [-0.15, -0.1) is 23.7 Å². The van der Waals surface area contributed by atoms with Crippen LogP contribution in [0.1, 0.15) is 22.2 Å². The first-order valence-electron chi connectivity index (χ1n) is 3.72. The summed E-state index contributed by atoms with van der Waals surface area (Å²) < 4.78 is 4.82. The lowest BCUT2D eigenvalue weighted by molar-refractivity contribution is 0.0532. The van der Waals surface area contributed by atoms with Gasteiger partial charge in [0.2, 0.25) is 0 Å². The van der Waals surface area contributed by atoms with Gasteiger partial charge >= 0.3 is 5.97 Å². The molecule has 74 valence electrons. The average molecular weight is 222 g/mol. The Morgan fingerprint density at radius 2 is 2.38 bits per heavy atom. The molecule has 0 amide bonds. The molecule has 0 bridgehead atoms. The fraction of sp³-hybridized carbons (Fsp3) is 0.375. The SMILES string of the molecule is CCOC(=O)c1cc(CN)cs1.Cl. The van der Waals surface area contributed by atoms with Crippen LogP contribution < -0.4 is 5.73 Å². The average Bonchev–Trinajstić information content (AvgIpc) is 2.52. The highest BCUT2D eigenvalue weighted by molar-refractivity contribution is 7.12. The van der Waals surface area contributed by atoms with Crippen molar-refractivity contribution < 1.29 is 9.53 Å². The summed E-state index contributed by atoms with van der Waals surface area (Å²) in [5.41, 5.74) is 6.37. The Hall–Kier alpha value is -0.580. The van der Waals surface area contributed by atoms with Gasteiger partial charge in [-0.1, -0.05) is 0 Å². The highest BCUT2D eigenvalue weighted by atomic mass is 35.5. The van der Waals surface area contributed by atoms with Gasteiger partial charge in [0.1, 0.15) is 4.88 Å². The quantitative estimate of drug-likeness (QED) is 0.792. The van der Waals surface area contributed by atoms with Crippen molar-refractivity contribution in [2.24, 2.45) is 5.73 Å². The van der Waals surface area contributed by atoms with Crippen LogP contribution in [0.4, 0.5) is 0 Å². The summed E-state index contributed by atoms with van der Waals surface area (Å²) in [6, 6.07) is 1.77. The third-order valence-electron chi connectivity index (χ3n) is 1.37. The Morgan fingerprint density at radius 3 is 2.85 bits per heavy atom. The smallest absolute Gasteiger partial charge is 0.348 e. The van der Waals surface area contributed by atoms with Crippen LogP contribution in [0.2, 0.25) is 0 Å². The summed E-state index contributed by atoms with van der Waals surface area (Å²) in [6.45, 7) is 2.67. The first-order valence-corrected chi connectivity index (χ1v) is 4.60. The van der Waals surface area contributed by atoms with Crippen LogP contribution in [0.3, 0.4) is 0 Å². The van der Waals surface area contributed by atoms with E-state index in [1.165, 1.54) is 11.3 Å². The molecule has 0 saturated carbocycles. The number of nitrogens with two attached hydrogens (primary N) is 1. The summed E-state index contributed by atoms with van der Waals surface area (Å²) in [5, 5.41) is 1.87. The summed E-state index contributed by atoms with van der Waals surface area (Å²) in [7, 11) is 0. The molecule has 1 rings (SSSR count). The minimum Gasteiger partial charge on any atom is -0.462 e. The zero-order chi connectivity index (χ0) is 8.97. The number of thiophene rings is 1. The van der Waals surface area contributed by atoms with Crippen LogP contribution in [0.15, 0.2) is 11.4 Å². The van der Waals surface area contributed by atoms with Crippen molar-refractivity contribution in [2.75, 3.05) is 6.61 Å². The molecule has 0 radical (unpaired) electrons. The zero-order valence-electron chi connectivity index (χ0n) is 7.28. The first kappa shape index (κ1) is 12.4. The van der Waals surface area contributed by atoms with Crippen LogP contribution in [-0.2, 0) is 11.3 Å². The van der Waals surface area contributed by atoms with Crippen LogP contribution >= 0.6 is 23.7 Å². The molecule has 0 aliphatic heterocycles. The van der Waals surface area contributed by atoms with E-state index in [0.717, 1.165) is 5.56 Å². The third kappa shape index (κ3) is 3.34. The van der Waals surface area contributed by atoms with Gasteiger partial charge in [0, 0.05) is 6.54 Å². The molecule has 0 fully saturated rings. The van der Waals surface area contributed by atoms with Crippen LogP contribution in [0.25, 0.3) is 0 Å². The van der Waals surface area contributed by atoms with Gasteiger partial charge in [-0.25, -0.2) is 4.79 Å². The maximum atomic E-state index is 11.1. The van der Waals surface area contributed by atoms with Crippen molar-refractivity contribution in [3.63, 3.8) is 0 Å². The summed E-state index contributed by atoms with van der Waals surface area (Å²) in [5.74, 6) is -0.262. The summed E-state index contributed by atoms with van der Waals surface area (Å²) in [4.78, 5) is 11.7. The Kier molecular flexibility index (Phi) is 5.70. The lowest BCUT2D eigenvalue weighted by Crippen LogP contribution is -2.02. The predicted molar refractivity (Wildman–Crippen MR) is 55.4 cm³/mol. The van der Waals surface area contributed by atoms with Crippen molar-refractivity contribution in [1.29, 1.82) is 0 Å². The molecule has 5 heteroatoms. The second-order valence-corrected chi connectivity index (χ2v) is 3.16. The van der Waals surface area contributed by atoms with Crippen LogP contribution in [0, 0.1) is 0 Å². The second kappa shape index (κ2) is 5.96. The molecular formula is C8H12ClNO2S. The van der Waals surface area contributed by atoms with Gasteiger partial charge in [0.25, 0.3) is 0 Å². The fourth-order valence-corrected chi connectivity index (χ4v) is 1.61. The number of carbonyl (C=O) groups excluding carboxylic acids is 1. The van der Waals surface area contributed by atoms with Crippen molar-refractivity contribution in [3.05, 3.63) is 21.9 Å². The number of halogens is 1. The van der Waals surface area contributed by atoms with E-state index in [2.05, 4.69) is 0 Å². The minimum absolute atomic E-state index is 0. The van der Waals surface area contributed by atoms with Gasteiger partial charge in [-0.05, 0) is 23.9 Å². The second-order valence-electron chi connectivity index (χ2n) is 2.24. The summed E-state index contributed by atoms with van der Waals surface area (Å²) in [6.07, 6.45) is 0. The lowest BCUT2D eigenvalue weighted by Gasteiger charge is -1.96. The van der Waals surface area contributed by atoms with Gasteiger partial charge in [0.05, 0.1) is 6.61 Å². The van der Waals surface area contributed by atoms with E-state index in [4.69, 9.17) is 10.5 Å². The fourth-order valence-electron chi connectivity index (χ4n) is 0.792. The molecule has 13 heavy (non-hydrogen) atoms. The number of rotatable bonds is 3. The third-order valence-corrected chi connectivity index (χ3v) is 2.33. The lowest BCUT2D eigenvalue weighted by atomic mass is 10.3. The zero-order valence-corrected chi connectivity index (χ0v) is 8.91. The van der Waals surface area contributed by atoms with Gasteiger partial charge < -0.3 is 10.5 Å². The van der Waals surface area contributed by atoms with E-state index in [0.29, 0.717) is 18.0 Å². The van der Waals surface area contributed by atoms with Crippen molar-refractivity contribution >= 4 is 29.7 Å². The maximum absolute atomic E-state index is 11.1. The van der Waals surface area contributed by atoms with Crippen LogP contribution in [-0.4, -0.2) is 12.6 Å². The summed E-state index contributed by atoms with van der Waals surface area (Å²) >= 11 is 1.37. The Labute approximate surface area is 87.3 Å². The molecule has 0 saturated heterocycles. The molecule has 0 spiro atoms. The van der Waals surface area contributed by atoms with E-state index in [-0.39, 0.29) is 18.4 Å². The molecule has 0 atom stereocenters. The van der Waals surface area contributed by atoms with Gasteiger partial charge in [-0.3, -0.25) is 0 Å². The highest BCUT2D eigenvalue weighted by Gasteiger charge is 2.08. The Bertz CT molecular complexity index is 275. The molecule has 2 N–H and O–H groups in total. The van der Waals surface area contributed by atoms with E-state index >= 15 is 0 Å². The molecule has 0 aromatic carbocycles. The molecule has 0 aliphatic rings. The van der Waals surface area contributed by atoms with Crippen molar-refractivity contribution in [2.45, 2.75) is 13.5 Å². The topological polar surface area (TPSA) is 52.3 Å². The molecule has 1 heterocycles. The van der Waals surface area contributed by atoms with Crippen molar-refractivity contribution in [1.82, 2.24) is 0 Å². The normalized spacial score (nSPS) is 9.08. The Morgan fingerprint density at radius 1 is 1.69 bits per heavy atom. The number of hydrogen-bond acceptors (Lipinski definition) is 4. The van der Waals surface area contributed by atoms with Crippen LogP contribution in [0.5, 0.6) is 0 Å². The molecule has 1 aromatic rings. The van der Waals surface area contributed by atoms with E-state index in [1.54, 1.807) is 13.0 Å². The largest absolute Gasteiger partial charge is 0.462 e. The number of carbonyl (C=O) groups is 1. The van der Waals surface area contributed by atoms with E-state index in [9.17, 15) is 4.79 Å². The number of hydrogen-bond donors (Lipinski definition) is 1. The minimum atomic E-state index is -0.262. The number of esters is 1. The molecule has 3 nitrogen and oxygen atoms in total. The van der Waals surface area contributed by atoms with E-state index in [1.807, 2.05) is 5.38 Å². The standard InChI is InChI=1S/C8H11NO2S.ClH/c1-2-11-8(10)7-3-6(4-9)5-12-7;/h3,5H,2,4,9H2,1H3;1H. The Balaban J connectivity index is 0.00000144. The first-order chi connectivity index (χ1) is 5.77.